The van der Waals surface area contributed by atoms with Gasteiger partial charge in [0, 0.05) is 30.4 Å². The van der Waals surface area contributed by atoms with Crippen LogP contribution in [0.2, 0.25) is 0 Å². The van der Waals surface area contributed by atoms with Gasteiger partial charge in [-0.15, -0.1) is 0 Å². The number of carbonyl (C=O) groups is 1. The van der Waals surface area contributed by atoms with E-state index in [1.807, 2.05) is 0 Å². The lowest BCUT2D eigenvalue weighted by atomic mass is 10.0. The highest BCUT2D eigenvalue weighted by atomic mass is 16.5. The van der Waals surface area contributed by atoms with E-state index in [4.69, 9.17) is 9.47 Å². The molecule has 1 amide bonds. The molecule has 2 aliphatic heterocycles. The topological polar surface area (TPSA) is 62.8 Å². The van der Waals surface area contributed by atoms with Gasteiger partial charge in [-0.3, -0.25) is 4.79 Å². The summed E-state index contributed by atoms with van der Waals surface area (Å²) < 4.78 is 10.5. The zero-order valence-electron chi connectivity index (χ0n) is 15.2. The third kappa shape index (κ3) is 4.26. The summed E-state index contributed by atoms with van der Waals surface area (Å²) in [6, 6.07) is 5.16. The predicted molar refractivity (Wildman–Crippen MR) is 101 cm³/mol. The lowest BCUT2D eigenvalue weighted by Crippen LogP contribution is -2.39. The average molecular weight is 355 g/mol. The summed E-state index contributed by atoms with van der Waals surface area (Å²) in [4.78, 5) is 14.8. The first-order valence-corrected chi connectivity index (χ1v) is 8.74. The van der Waals surface area contributed by atoms with Gasteiger partial charge in [0.05, 0.1) is 20.9 Å². The van der Waals surface area contributed by atoms with Crippen molar-refractivity contribution in [2.45, 2.75) is 6.42 Å². The Bertz CT molecular complexity index is 730. The van der Waals surface area contributed by atoms with Crippen molar-refractivity contribution < 1.29 is 14.3 Å². The Morgan fingerprint density at radius 3 is 2.65 bits per heavy atom. The number of hydrogen-bond donors (Lipinski definition) is 2. The number of ether oxygens (including phenoxy) is 2. The molecule has 3 rings (SSSR count). The van der Waals surface area contributed by atoms with Crippen LogP contribution in [-0.2, 0) is 0 Å². The van der Waals surface area contributed by atoms with E-state index in [1.165, 1.54) is 11.3 Å². The van der Waals surface area contributed by atoms with Crippen molar-refractivity contribution in [2.24, 2.45) is 0 Å². The Morgan fingerprint density at radius 1 is 1.23 bits per heavy atom. The molecule has 0 atom stereocenters. The zero-order chi connectivity index (χ0) is 18.4. The molecule has 0 saturated carbocycles. The van der Waals surface area contributed by atoms with Crippen molar-refractivity contribution >= 4 is 5.91 Å². The van der Waals surface area contributed by atoms with Crippen molar-refractivity contribution in [3.63, 3.8) is 0 Å². The first-order chi connectivity index (χ1) is 12.7. The van der Waals surface area contributed by atoms with Gasteiger partial charge in [-0.1, -0.05) is 18.2 Å². The molecule has 1 aromatic rings. The largest absolute Gasteiger partial charge is 0.497 e. The van der Waals surface area contributed by atoms with E-state index in [0.717, 1.165) is 26.1 Å². The summed E-state index contributed by atoms with van der Waals surface area (Å²) in [5.41, 5.74) is 3.02. The number of nitrogens with one attached hydrogen (secondary N) is 2. The average Bonchev–Trinajstić information content (AvgIpc) is 2.72. The molecule has 0 radical (unpaired) electrons. The Labute approximate surface area is 154 Å². The van der Waals surface area contributed by atoms with Crippen molar-refractivity contribution in [3.8, 4) is 11.5 Å². The predicted octanol–water partition coefficient (Wildman–Crippen LogP) is 2.07. The smallest absolute Gasteiger partial charge is 0.252 e. The molecule has 2 heterocycles. The minimum absolute atomic E-state index is 0.157. The molecule has 1 aromatic carbocycles. The van der Waals surface area contributed by atoms with Gasteiger partial charge in [0.15, 0.2) is 0 Å². The number of benzene rings is 1. The van der Waals surface area contributed by atoms with Gasteiger partial charge >= 0.3 is 0 Å². The van der Waals surface area contributed by atoms with Crippen molar-refractivity contribution in [1.29, 1.82) is 0 Å². The highest BCUT2D eigenvalue weighted by Gasteiger charge is 2.18. The fourth-order valence-corrected chi connectivity index (χ4v) is 3.07. The number of hydrogen-bond acceptors (Lipinski definition) is 5. The van der Waals surface area contributed by atoms with Crippen molar-refractivity contribution in [3.05, 3.63) is 59.3 Å². The van der Waals surface area contributed by atoms with E-state index in [1.54, 1.807) is 32.4 Å². The van der Waals surface area contributed by atoms with E-state index in [9.17, 15) is 4.79 Å². The lowest BCUT2D eigenvalue weighted by molar-refractivity contribution is 0.0933. The van der Waals surface area contributed by atoms with Crippen LogP contribution in [0.1, 0.15) is 16.8 Å². The molecule has 0 fully saturated rings. The van der Waals surface area contributed by atoms with E-state index < -0.39 is 0 Å². The molecule has 6 nitrogen and oxygen atoms in total. The van der Waals surface area contributed by atoms with Crippen molar-refractivity contribution in [1.82, 2.24) is 15.5 Å². The zero-order valence-corrected chi connectivity index (χ0v) is 15.2. The minimum atomic E-state index is -0.157. The van der Waals surface area contributed by atoms with Crippen LogP contribution < -0.4 is 20.1 Å². The van der Waals surface area contributed by atoms with E-state index >= 15 is 0 Å². The van der Waals surface area contributed by atoms with Crippen molar-refractivity contribution in [2.75, 3.05) is 40.5 Å². The molecule has 26 heavy (non-hydrogen) atoms. The van der Waals surface area contributed by atoms with E-state index in [0.29, 0.717) is 23.7 Å². The summed E-state index contributed by atoms with van der Waals surface area (Å²) in [7, 11) is 3.14. The van der Waals surface area contributed by atoms with Gasteiger partial charge in [-0.25, -0.2) is 0 Å². The van der Waals surface area contributed by atoms with Gasteiger partial charge in [-0.05, 0) is 36.7 Å². The van der Waals surface area contributed by atoms with E-state index in [2.05, 4.69) is 39.8 Å². The first kappa shape index (κ1) is 18.1. The Morgan fingerprint density at radius 2 is 2.00 bits per heavy atom. The van der Waals surface area contributed by atoms with Gasteiger partial charge < -0.3 is 25.0 Å². The lowest BCUT2D eigenvalue weighted by Gasteiger charge is -2.31. The molecule has 2 aliphatic rings. The van der Waals surface area contributed by atoms with Crippen LogP contribution in [0.15, 0.2) is 53.8 Å². The number of amides is 1. The SMILES string of the molecule is COc1cc(OC)cc(C(=O)NCN2CC=CC=C2C2=CCNCC2)c1. The first-order valence-electron chi connectivity index (χ1n) is 8.74. The van der Waals surface area contributed by atoms with Crippen LogP contribution >= 0.6 is 0 Å². The second kappa shape index (κ2) is 8.58. The van der Waals surface area contributed by atoms with Crippen LogP contribution in [0.3, 0.4) is 0 Å². The highest BCUT2D eigenvalue weighted by molar-refractivity contribution is 5.95. The fraction of sp³-hybridized carbons (Fsp3) is 0.350. The van der Waals surface area contributed by atoms with Crippen LogP contribution in [0, 0.1) is 0 Å². The molecule has 0 unspecified atom stereocenters. The molecule has 2 N–H and O–H groups in total. The number of carbonyl (C=O) groups excluding carboxylic acids is 1. The summed E-state index contributed by atoms with van der Waals surface area (Å²) in [6.07, 6.45) is 9.49. The minimum Gasteiger partial charge on any atom is -0.497 e. The molecular weight excluding hydrogens is 330 g/mol. The van der Waals surface area contributed by atoms with Gasteiger partial charge in [0.2, 0.25) is 0 Å². The third-order valence-corrected chi connectivity index (χ3v) is 4.49. The van der Waals surface area contributed by atoms with Gasteiger partial charge in [-0.2, -0.15) is 0 Å². The molecule has 6 heteroatoms. The number of allylic oxidation sites excluding steroid dienone is 3. The Hall–Kier alpha value is -2.73. The summed E-state index contributed by atoms with van der Waals surface area (Å²) in [5, 5.41) is 6.33. The Balaban J connectivity index is 1.68. The maximum absolute atomic E-state index is 12.6. The fourth-order valence-electron chi connectivity index (χ4n) is 3.07. The maximum Gasteiger partial charge on any atom is 0.252 e. The molecule has 0 saturated heterocycles. The number of methoxy groups -OCH3 is 2. The monoisotopic (exact) mass is 355 g/mol. The second-order valence-electron chi connectivity index (χ2n) is 6.15. The summed E-state index contributed by atoms with van der Waals surface area (Å²) >= 11 is 0. The van der Waals surface area contributed by atoms with E-state index in [-0.39, 0.29) is 5.91 Å². The van der Waals surface area contributed by atoms with Crippen LogP contribution in [0.25, 0.3) is 0 Å². The van der Waals surface area contributed by atoms with Gasteiger partial charge in [0.25, 0.3) is 5.91 Å². The van der Waals surface area contributed by atoms with Crippen LogP contribution in [-0.4, -0.2) is 51.3 Å². The normalized spacial score (nSPS) is 16.6. The standard InChI is InChI=1S/C20H25N3O3/c1-25-17-11-16(12-18(13-17)26-2)20(24)22-14-23-10-4-3-5-19(23)15-6-8-21-9-7-15/h3-6,11-13,21H,7-10,14H2,1-2H3,(H,22,24). The summed E-state index contributed by atoms with van der Waals surface area (Å²) in [5.74, 6) is 1.03. The molecular formula is C20H25N3O3. The molecule has 0 aromatic heterocycles. The number of rotatable bonds is 6. The van der Waals surface area contributed by atoms with Crippen LogP contribution in [0.4, 0.5) is 0 Å². The maximum atomic E-state index is 12.6. The molecule has 0 bridgehead atoms. The highest BCUT2D eigenvalue weighted by Crippen LogP contribution is 2.24. The molecule has 0 aliphatic carbocycles. The quantitative estimate of drug-likeness (QED) is 0.818. The number of nitrogens with zero attached hydrogens (tertiary/aromatic N) is 1. The molecule has 138 valence electrons. The molecule has 0 spiro atoms. The third-order valence-electron chi connectivity index (χ3n) is 4.49. The van der Waals surface area contributed by atoms with Gasteiger partial charge in [0.1, 0.15) is 11.5 Å². The Kier molecular flexibility index (Phi) is 5.96. The summed E-state index contributed by atoms with van der Waals surface area (Å²) in [6.45, 7) is 3.09. The van der Waals surface area contributed by atoms with Crippen LogP contribution in [0.5, 0.6) is 11.5 Å². The second-order valence-corrected chi connectivity index (χ2v) is 6.15.